The zero-order chi connectivity index (χ0) is 7.40. The van der Waals surface area contributed by atoms with Gasteiger partial charge in [0, 0.05) is 26.2 Å². The third-order valence-electron chi connectivity index (χ3n) is 1.59. The molecule has 0 aromatic rings. The first kappa shape index (κ1) is 7.05. The van der Waals surface area contributed by atoms with Gasteiger partial charge in [-0.3, -0.25) is 9.59 Å². The second-order valence-corrected chi connectivity index (χ2v) is 2.22. The predicted octanol–water partition coefficient (Wildman–Crippen LogP) is -1.17. The molecule has 0 aromatic carbocycles. The minimum absolute atomic E-state index is 0.613. The minimum atomic E-state index is 0.613. The summed E-state index contributed by atoms with van der Waals surface area (Å²) in [6.45, 7) is 2.50. The number of hydrogen-bond donors (Lipinski definition) is 0. The van der Waals surface area contributed by atoms with Gasteiger partial charge in [0.2, 0.25) is 6.41 Å². The smallest absolute Gasteiger partial charge is 0.312 e. The fourth-order valence-corrected chi connectivity index (χ4v) is 0.919. The maximum absolute atomic E-state index is 10.2. The van der Waals surface area contributed by atoms with E-state index in [2.05, 4.69) is 0 Å². The van der Waals surface area contributed by atoms with E-state index >= 15 is 0 Å². The van der Waals surface area contributed by atoms with Gasteiger partial charge in [0.25, 0.3) is 0 Å². The van der Waals surface area contributed by atoms with E-state index in [9.17, 15) is 9.59 Å². The normalized spacial score (nSPS) is 18.8. The summed E-state index contributed by atoms with van der Waals surface area (Å²) in [7, 11) is 0. The van der Waals surface area contributed by atoms with E-state index in [0.29, 0.717) is 26.2 Å². The van der Waals surface area contributed by atoms with Gasteiger partial charge in [0.1, 0.15) is 0 Å². The zero-order valence-corrected chi connectivity index (χ0v) is 5.62. The van der Waals surface area contributed by atoms with Crippen LogP contribution in [0.4, 0.5) is 0 Å². The lowest BCUT2D eigenvalue weighted by Gasteiger charge is -2.28. The number of hydrogen-bond acceptors (Lipinski definition) is 2. The molecule has 2 amide bonds. The van der Waals surface area contributed by atoms with Crippen molar-refractivity contribution in [2.75, 3.05) is 26.2 Å². The summed E-state index contributed by atoms with van der Waals surface area (Å²) in [5.41, 5.74) is 0. The fraction of sp³-hybridized carbons (Fsp3) is 0.667. The molecule has 0 N–H and O–H groups in total. The summed E-state index contributed by atoms with van der Waals surface area (Å²) in [4.78, 5) is 23.4. The Morgan fingerprint density at radius 2 is 1.80 bits per heavy atom. The first-order valence-corrected chi connectivity index (χ1v) is 3.19. The van der Waals surface area contributed by atoms with Crippen molar-refractivity contribution in [1.82, 2.24) is 9.80 Å². The van der Waals surface area contributed by atoms with Crippen molar-refractivity contribution in [3.63, 3.8) is 0 Å². The monoisotopic (exact) mass is 141 g/mol. The van der Waals surface area contributed by atoms with Gasteiger partial charge in [0.05, 0.1) is 0 Å². The molecule has 0 saturated carbocycles. The molecule has 4 nitrogen and oxygen atoms in total. The Labute approximate surface area is 59.4 Å². The van der Waals surface area contributed by atoms with Gasteiger partial charge in [-0.2, -0.15) is 0 Å². The van der Waals surface area contributed by atoms with Gasteiger partial charge in [0.15, 0.2) is 0 Å². The van der Waals surface area contributed by atoms with Crippen LogP contribution in [0.2, 0.25) is 0 Å². The van der Waals surface area contributed by atoms with Crippen LogP contribution in [0.25, 0.3) is 0 Å². The van der Waals surface area contributed by atoms with Crippen molar-refractivity contribution in [1.29, 1.82) is 0 Å². The van der Waals surface area contributed by atoms with Gasteiger partial charge in [-0.15, -0.1) is 0 Å². The van der Waals surface area contributed by atoms with Gasteiger partial charge in [-0.1, -0.05) is 0 Å². The van der Waals surface area contributed by atoms with Crippen molar-refractivity contribution in [3.05, 3.63) is 0 Å². The molecule has 0 aromatic heterocycles. The average molecular weight is 141 g/mol. The number of carbonyl (C=O) groups is 1. The first-order chi connectivity index (χ1) is 4.86. The van der Waals surface area contributed by atoms with Crippen LogP contribution in [0.3, 0.4) is 0 Å². The Hall–Kier alpha value is -1.06. The highest BCUT2D eigenvalue weighted by Crippen LogP contribution is 1.94. The number of rotatable bonds is 2. The van der Waals surface area contributed by atoms with Crippen LogP contribution < -0.4 is 0 Å². The van der Waals surface area contributed by atoms with Crippen molar-refractivity contribution in [3.8, 4) is 0 Å². The summed E-state index contributed by atoms with van der Waals surface area (Å²) in [5.74, 6) is 0. The van der Waals surface area contributed by atoms with Crippen molar-refractivity contribution >= 4 is 12.8 Å². The van der Waals surface area contributed by atoms with E-state index in [4.69, 9.17) is 0 Å². The SMILES string of the molecule is O=[C]N1CCN(C=O)CC1. The molecule has 0 aliphatic carbocycles. The van der Waals surface area contributed by atoms with Crippen LogP contribution in [-0.4, -0.2) is 48.8 Å². The van der Waals surface area contributed by atoms with Crippen LogP contribution >= 0.6 is 0 Å². The lowest BCUT2D eigenvalue weighted by atomic mass is 10.4. The Kier molecular flexibility index (Phi) is 2.25. The minimum Gasteiger partial charge on any atom is -0.342 e. The van der Waals surface area contributed by atoms with Gasteiger partial charge < -0.3 is 9.80 Å². The Morgan fingerprint density at radius 3 is 2.20 bits per heavy atom. The van der Waals surface area contributed by atoms with E-state index in [1.165, 1.54) is 0 Å². The maximum Gasteiger partial charge on any atom is 0.312 e. The van der Waals surface area contributed by atoms with Crippen LogP contribution in [0, 0.1) is 0 Å². The van der Waals surface area contributed by atoms with Gasteiger partial charge in [-0.05, 0) is 0 Å². The third kappa shape index (κ3) is 1.46. The molecule has 1 radical (unpaired) electrons. The van der Waals surface area contributed by atoms with Crippen LogP contribution in [-0.2, 0) is 9.59 Å². The van der Waals surface area contributed by atoms with Crippen LogP contribution in [0.5, 0.6) is 0 Å². The molecular weight excluding hydrogens is 132 g/mol. The third-order valence-corrected chi connectivity index (χ3v) is 1.59. The second kappa shape index (κ2) is 3.20. The molecule has 0 spiro atoms. The standard InChI is InChI=1S/C6H9N2O2/c9-5-7-1-2-8(6-10)4-3-7/h5H,1-4H2. The van der Waals surface area contributed by atoms with E-state index < -0.39 is 0 Å². The summed E-state index contributed by atoms with van der Waals surface area (Å²) < 4.78 is 0. The second-order valence-electron chi connectivity index (χ2n) is 2.22. The summed E-state index contributed by atoms with van der Waals surface area (Å²) in [6, 6.07) is 0. The molecule has 55 valence electrons. The first-order valence-electron chi connectivity index (χ1n) is 3.19. The van der Waals surface area contributed by atoms with Crippen molar-refractivity contribution in [2.45, 2.75) is 0 Å². The number of carbonyl (C=O) groups excluding carboxylic acids is 2. The largest absolute Gasteiger partial charge is 0.342 e. The fourth-order valence-electron chi connectivity index (χ4n) is 0.919. The van der Waals surface area contributed by atoms with E-state index in [-0.39, 0.29) is 0 Å². The molecule has 1 saturated heterocycles. The molecule has 0 atom stereocenters. The quantitative estimate of drug-likeness (QED) is 0.454. The van der Waals surface area contributed by atoms with Crippen molar-refractivity contribution in [2.24, 2.45) is 0 Å². The lowest BCUT2D eigenvalue weighted by Crippen LogP contribution is -2.44. The molecule has 1 fully saturated rings. The highest BCUT2D eigenvalue weighted by Gasteiger charge is 2.13. The molecule has 1 rings (SSSR count). The van der Waals surface area contributed by atoms with Crippen LogP contribution in [0.1, 0.15) is 0 Å². The molecule has 1 aliphatic heterocycles. The number of piperazine rings is 1. The Morgan fingerprint density at radius 1 is 1.20 bits per heavy atom. The molecular formula is C6H9N2O2. The van der Waals surface area contributed by atoms with Gasteiger partial charge in [-0.25, -0.2) is 0 Å². The molecule has 4 heteroatoms. The topological polar surface area (TPSA) is 40.6 Å². The number of amides is 2. The van der Waals surface area contributed by atoms with Crippen molar-refractivity contribution < 1.29 is 9.59 Å². The van der Waals surface area contributed by atoms with E-state index in [1.807, 2.05) is 0 Å². The van der Waals surface area contributed by atoms with E-state index in [1.54, 1.807) is 16.2 Å². The Bertz CT molecular complexity index is 114. The highest BCUT2D eigenvalue weighted by molar-refractivity contribution is 5.51. The Balaban J connectivity index is 2.30. The highest BCUT2D eigenvalue weighted by atomic mass is 16.1. The maximum atomic E-state index is 10.2. The zero-order valence-electron chi connectivity index (χ0n) is 5.62. The number of nitrogens with zero attached hydrogens (tertiary/aromatic N) is 2. The molecule has 1 aliphatic rings. The summed E-state index contributed by atoms with van der Waals surface area (Å²) in [6.07, 6.45) is 2.60. The molecule has 0 unspecified atom stereocenters. The summed E-state index contributed by atoms with van der Waals surface area (Å²) >= 11 is 0. The molecule has 1 heterocycles. The van der Waals surface area contributed by atoms with Gasteiger partial charge >= 0.3 is 6.41 Å². The van der Waals surface area contributed by atoms with E-state index in [0.717, 1.165) is 6.41 Å². The summed E-state index contributed by atoms with van der Waals surface area (Å²) in [5, 5.41) is 0. The lowest BCUT2D eigenvalue weighted by molar-refractivity contribution is -0.119. The molecule has 0 bridgehead atoms. The molecule has 10 heavy (non-hydrogen) atoms. The average Bonchev–Trinajstić information content (AvgIpc) is 2.05. The predicted molar refractivity (Wildman–Crippen MR) is 34.9 cm³/mol. The van der Waals surface area contributed by atoms with Crippen LogP contribution in [0.15, 0.2) is 0 Å².